The minimum absolute atomic E-state index is 0.0185. The Morgan fingerprint density at radius 2 is 2.26 bits per heavy atom. The van der Waals surface area contributed by atoms with Gasteiger partial charge in [0.2, 0.25) is 5.91 Å². The zero-order chi connectivity index (χ0) is 13.7. The smallest absolute Gasteiger partial charge is 0.237 e. The number of benzene rings is 1. The largest absolute Gasteiger partial charge is 0.325 e. The maximum absolute atomic E-state index is 12.2. The highest BCUT2D eigenvalue weighted by atomic mass is 35.5. The highest BCUT2D eigenvalue weighted by Crippen LogP contribution is 2.28. The second kappa shape index (κ2) is 7.22. The fourth-order valence-electron chi connectivity index (χ4n) is 1.59. The minimum atomic E-state index is -0.0972. The topological polar surface area (TPSA) is 41.5 Å². The van der Waals surface area contributed by atoms with Crippen molar-refractivity contribution in [3.63, 3.8) is 0 Å². The molecule has 0 aliphatic carbocycles. The van der Waals surface area contributed by atoms with Gasteiger partial charge in [0.05, 0.1) is 11.8 Å². The number of nitrogens with one attached hydrogen (secondary N) is 1. The molecule has 0 fully saturated rings. The van der Waals surface area contributed by atoms with E-state index in [4.69, 9.17) is 11.6 Å². The molecule has 1 unspecified atom stereocenters. The van der Waals surface area contributed by atoms with Gasteiger partial charge >= 0.3 is 0 Å². The molecule has 1 atom stereocenters. The molecule has 1 aromatic carbocycles. The molecule has 0 radical (unpaired) electrons. The standard InChI is InChI=1S/C13H15ClN2OS2/c1-2-11(19-13-15-7-8-18-13)12(17)16-10-5-3-9(14)4-6-10/h3-6,11H,2,7-8H2,1H3,(H,16,17). The quantitative estimate of drug-likeness (QED) is 0.916. The highest BCUT2D eigenvalue weighted by molar-refractivity contribution is 8.39. The molecule has 6 heteroatoms. The van der Waals surface area contributed by atoms with Gasteiger partial charge in [-0.05, 0) is 30.7 Å². The summed E-state index contributed by atoms with van der Waals surface area (Å²) in [6, 6.07) is 7.14. The molecule has 0 saturated carbocycles. The number of carbonyl (C=O) groups excluding carboxylic acids is 1. The highest BCUT2D eigenvalue weighted by Gasteiger charge is 2.21. The maximum atomic E-state index is 12.2. The number of nitrogens with zero attached hydrogens (tertiary/aromatic N) is 1. The van der Waals surface area contributed by atoms with Crippen molar-refractivity contribution in [1.29, 1.82) is 0 Å². The zero-order valence-electron chi connectivity index (χ0n) is 10.6. The predicted octanol–water partition coefficient (Wildman–Crippen LogP) is 3.89. The lowest BCUT2D eigenvalue weighted by Crippen LogP contribution is -2.25. The van der Waals surface area contributed by atoms with E-state index in [0.29, 0.717) is 5.02 Å². The first-order chi connectivity index (χ1) is 9.19. The first-order valence-electron chi connectivity index (χ1n) is 6.09. The van der Waals surface area contributed by atoms with E-state index in [1.54, 1.807) is 47.8 Å². The van der Waals surface area contributed by atoms with Crippen LogP contribution < -0.4 is 5.32 Å². The van der Waals surface area contributed by atoms with Crippen LogP contribution in [0.5, 0.6) is 0 Å². The lowest BCUT2D eigenvalue weighted by molar-refractivity contribution is -0.115. The Balaban J connectivity index is 1.94. The number of aliphatic imine (C=N–C) groups is 1. The molecule has 1 N–H and O–H groups in total. The average Bonchev–Trinajstić information content (AvgIpc) is 2.91. The van der Waals surface area contributed by atoms with Crippen LogP contribution in [0.4, 0.5) is 5.69 Å². The summed E-state index contributed by atoms with van der Waals surface area (Å²) in [7, 11) is 0. The zero-order valence-corrected chi connectivity index (χ0v) is 12.9. The summed E-state index contributed by atoms with van der Waals surface area (Å²) in [6.07, 6.45) is 0.781. The van der Waals surface area contributed by atoms with Crippen LogP contribution >= 0.6 is 35.1 Å². The second-order valence-corrected chi connectivity index (χ2v) is 6.98. The van der Waals surface area contributed by atoms with Gasteiger partial charge in [-0.1, -0.05) is 42.0 Å². The molecular weight excluding hydrogens is 300 g/mol. The summed E-state index contributed by atoms with van der Waals surface area (Å²) >= 11 is 9.10. The Morgan fingerprint density at radius 1 is 1.53 bits per heavy atom. The predicted molar refractivity (Wildman–Crippen MR) is 86.5 cm³/mol. The van der Waals surface area contributed by atoms with Crippen molar-refractivity contribution in [1.82, 2.24) is 0 Å². The number of anilines is 1. The lowest BCUT2D eigenvalue weighted by Gasteiger charge is -2.14. The molecule has 102 valence electrons. The molecule has 1 aliphatic heterocycles. The van der Waals surface area contributed by atoms with E-state index in [1.807, 2.05) is 6.92 Å². The van der Waals surface area contributed by atoms with Crippen molar-refractivity contribution in [3.05, 3.63) is 29.3 Å². The van der Waals surface area contributed by atoms with Gasteiger partial charge in [0.25, 0.3) is 0 Å². The molecule has 1 heterocycles. The Labute approximate surface area is 126 Å². The van der Waals surface area contributed by atoms with E-state index in [2.05, 4.69) is 10.3 Å². The molecular formula is C13H15ClN2OS2. The molecule has 19 heavy (non-hydrogen) atoms. The Hall–Kier alpha value is -0.650. The van der Waals surface area contributed by atoms with E-state index in [1.165, 1.54) is 0 Å². The van der Waals surface area contributed by atoms with Crippen molar-refractivity contribution < 1.29 is 4.79 Å². The molecule has 3 nitrogen and oxygen atoms in total. The normalized spacial score (nSPS) is 16.0. The van der Waals surface area contributed by atoms with Crippen LogP contribution in [0.2, 0.25) is 5.02 Å². The molecule has 1 aliphatic rings. The van der Waals surface area contributed by atoms with Crippen LogP contribution in [0.1, 0.15) is 13.3 Å². The molecule has 1 aromatic rings. The fourth-order valence-corrected chi connectivity index (χ4v) is 3.86. The first-order valence-corrected chi connectivity index (χ1v) is 8.33. The number of carbonyl (C=O) groups is 1. The Kier molecular flexibility index (Phi) is 5.60. The summed E-state index contributed by atoms with van der Waals surface area (Å²) in [6.45, 7) is 2.88. The lowest BCUT2D eigenvalue weighted by atomic mass is 10.3. The van der Waals surface area contributed by atoms with Crippen molar-refractivity contribution in [2.45, 2.75) is 18.6 Å². The van der Waals surface area contributed by atoms with Crippen molar-refractivity contribution in [3.8, 4) is 0 Å². The molecule has 0 bridgehead atoms. The Bertz CT molecular complexity index is 476. The SMILES string of the molecule is CCC(SC1=NCCS1)C(=O)Nc1ccc(Cl)cc1. The molecule has 1 amide bonds. The first kappa shape index (κ1) is 14.8. The monoisotopic (exact) mass is 314 g/mol. The molecule has 2 rings (SSSR count). The summed E-state index contributed by atoms with van der Waals surface area (Å²) in [5.74, 6) is 1.04. The molecule has 0 saturated heterocycles. The van der Waals surface area contributed by atoms with Gasteiger partial charge in [-0.15, -0.1) is 0 Å². The molecule has 0 aromatic heterocycles. The summed E-state index contributed by atoms with van der Waals surface area (Å²) in [5.41, 5.74) is 0.773. The van der Waals surface area contributed by atoms with Gasteiger partial charge in [-0.2, -0.15) is 0 Å². The number of hydrogen-bond acceptors (Lipinski definition) is 4. The maximum Gasteiger partial charge on any atom is 0.237 e. The van der Waals surface area contributed by atoms with E-state index in [9.17, 15) is 4.79 Å². The van der Waals surface area contributed by atoms with Crippen LogP contribution in [0.3, 0.4) is 0 Å². The third kappa shape index (κ3) is 4.44. The van der Waals surface area contributed by atoms with Crippen LogP contribution in [0.25, 0.3) is 0 Å². The van der Waals surface area contributed by atoms with E-state index in [-0.39, 0.29) is 11.2 Å². The number of thioether (sulfide) groups is 2. The van der Waals surface area contributed by atoms with E-state index < -0.39 is 0 Å². The summed E-state index contributed by atoms with van der Waals surface area (Å²) in [5, 5.41) is 3.48. The number of hydrogen-bond donors (Lipinski definition) is 1. The van der Waals surface area contributed by atoms with Crippen molar-refractivity contribution >= 4 is 51.1 Å². The third-order valence-corrected chi connectivity index (χ3v) is 5.40. The van der Waals surface area contributed by atoms with Crippen LogP contribution in [0, 0.1) is 0 Å². The third-order valence-electron chi connectivity index (χ3n) is 2.58. The molecule has 0 spiro atoms. The van der Waals surface area contributed by atoms with Crippen molar-refractivity contribution in [2.75, 3.05) is 17.6 Å². The summed E-state index contributed by atoms with van der Waals surface area (Å²) < 4.78 is 1.03. The van der Waals surface area contributed by atoms with Gasteiger partial charge in [-0.25, -0.2) is 0 Å². The van der Waals surface area contributed by atoms with Gasteiger partial charge in [-0.3, -0.25) is 9.79 Å². The van der Waals surface area contributed by atoms with Gasteiger partial charge in [0.15, 0.2) is 0 Å². The number of rotatable bonds is 4. The summed E-state index contributed by atoms with van der Waals surface area (Å²) in [4.78, 5) is 16.6. The van der Waals surface area contributed by atoms with Crippen LogP contribution in [-0.4, -0.2) is 27.8 Å². The minimum Gasteiger partial charge on any atom is -0.325 e. The second-order valence-electron chi connectivity index (χ2n) is 4.01. The number of halogens is 1. The van der Waals surface area contributed by atoms with Gasteiger partial charge in [0, 0.05) is 16.5 Å². The average molecular weight is 315 g/mol. The van der Waals surface area contributed by atoms with E-state index in [0.717, 1.165) is 28.8 Å². The van der Waals surface area contributed by atoms with Gasteiger partial charge < -0.3 is 5.32 Å². The Morgan fingerprint density at radius 3 is 2.84 bits per heavy atom. The van der Waals surface area contributed by atoms with Crippen LogP contribution in [-0.2, 0) is 4.79 Å². The van der Waals surface area contributed by atoms with Gasteiger partial charge in [0.1, 0.15) is 4.38 Å². The number of amides is 1. The van der Waals surface area contributed by atoms with Crippen LogP contribution in [0.15, 0.2) is 29.3 Å². The fraction of sp³-hybridized carbons (Fsp3) is 0.385. The van der Waals surface area contributed by atoms with E-state index >= 15 is 0 Å². The van der Waals surface area contributed by atoms with Crippen molar-refractivity contribution in [2.24, 2.45) is 4.99 Å².